The van der Waals surface area contributed by atoms with Crippen LogP contribution < -0.4 is 11.1 Å². The first kappa shape index (κ1) is 18.5. The van der Waals surface area contributed by atoms with Crippen LogP contribution in [-0.2, 0) is 14.4 Å². The first-order valence-electron chi connectivity index (χ1n) is 7.83. The molecule has 4 N–H and O–H groups in total. The smallest absolute Gasteiger partial charge is 0.322 e. The largest absolute Gasteiger partial charge is 0.480 e. The maximum absolute atomic E-state index is 11.6. The molecule has 0 spiro atoms. The number of hydrogen-bond donors (Lipinski definition) is 3. The van der Waals surface area contributed by atoms with E-state index in [4.69, 9.17) is 15.7 Å². The van der Waals surface area contributed by atoms with E-state index in [2.05, 4.69) is 20.4 Å². The number of aliphatic carboxylic acids is 1. The minimum Gasteiger partial charge on any atom is -0.480 e. The third-order valence-electron chi connectivity index (χ3n) is 3.68. The number of benzene rings is 1. The summed E-state index contributed by atoms with van der Waals surface area (Å²) in [6.07, 6.45) is 0. The van der Waals surface area contributed by atoms with Crippen molar-refractivity contribution in [3.8, 4) is 17.3 Å². The Morgan fingerprint density at radius 2 is 1.93 bits per heavy atom. The number of nitrogens with one attached hydrogen (secondary N) is 1. The second kappa shape index (κ2) is 7.50. The van der Waals surface area contributed by atoms with Gasteiger partial charge in [0.2, 0.25) is 0 Å². The van der Waals surface area contributed by atoms with Gasteiger partial charge in [0, 0.05) is 11.1 Å². The van der Waals surface area contributed by atoms with Crippen molar-refractivity contribution in [1.82, 2.24) is 15.3 Å². The number of rotatable bonds is 6. The highest BCUT2D eigenvalue weighted by molar-refractivity contribution is 6.22. The summed E-state index contributed by atoms with van der Waals surface area (Å²) in [5, 5.41) is 23.8. The Morgan fingerprint density at radius 1 is 1.21 bits per heavy atom. The number of nitrogens with zero attached hydrogens (tertiary/aromatic N) is 4. The van der Waals surface area contributed by atoms with E-state index in [0.717, 1.165) is 0 Å². The number of oxime groups is 1. The van der Waals surface area contributed by atoms with Crippen molar-refractivity contribution in [1.29, 1.82) is 5.26 Å². The molecule has 0 unspecified atom stereocenters. The molecule has 11 heteroatoms. The summed E-state index contributed by atoms with van der Waals surface area (Å²) in [6.45, 7) is -1.07. The molecule has 0 atom stereocenters. The molecule has 0 saturated heterocycles. The highest BCUT2D eigenvalue weighted by atomic mass is 16.6. The van der Waals surface area contributed by atoms with Gasteiger partial charge in [-0.05, 0) is 0 Å². The molecule has 1 aromatic carbocycles. The van der Waals surface area contributed by atoms with Gasteiger partial charge in [-0.2, -0.15) is 5.26 Å². The van der Waals surface area contributed by atoms with Crippen LogP contribution in [0.25, 0.3) is 11.3 Å². The van der Waals surface area contributed by atoms with Gasteiger partial charge in [0.05, 0.1) is 0 Å². The second-order valence-corrected chi connectivity index (χ2v) is 5.52. The third kappa shape index (κ3) is 3.47. The van der Waals surface area contributed by atoms with Crippen LogP contribution in [0.4, 0.5) is 0 Å². The van der Waals surface area contributed by atoms with Crippen LogP contribution in [0.3, 0.4) is 0 Å². The normalized spacial score (nSPS) is 12.6. The van der Waals surface area contributed by atoms with Gasteiger partial charge in [-0.25, -0.2) is 9.97 Å². The standard InChI is InChI=1S/C17H12N6O5/c18-5-10-15(17(19)27)22-13-8-3-1-2-4-9(8)14(16(13)21-10)23-28-7-11(24)20-6-12(25)26/h1-4H,6-7H2,(H2,19,27)(H,20,24)(H,25,26). The fraction of sp³-hybridized carbons (Fsp3) is 0.118. The average Bonchev–Trinajstić information content (AvgIpc) is 2.98. The van der Waals surface area contributed by atoms with Gasteiger partial charge in [0.1, 0.15) is 29.7 Å². The van der Waals surface area contributed by atoms with E-state index in [1.165, 1.54) is 0 Å². The van der Waals surface area contributed by atoms with Crippen molar-refractivity contribution >= 4 is 23.5 Å². The number of primary amides is 1. The van der Waals surface area contributed by atoms with E-state index in [1.54, 1.807) is 30.3 Å². The van der Waals surface area contributed by atoms with Gasteiger partial charge in [-0.1, -0.05) is 29.4 Å². The van der Waals surface area contributed by atoms with Gasteiger partial charge >= 0.3 is 5.97 Å². The number of carboxylic acid groups (broad SMARTS) is 1. The lowest BCUT2D eigenvalue weighted by molar-refractivity contribution is -0.138. The Balaban J connectivity index is 1.96. The minimum absolute atomic E-state index is 0.202. The second-order valence-electron chi connectivity index (χ2n) is 5.52. The highest BCUT2D eigenvalue weighted by Gasteiger charge is 2.31. The SMILES string of the molecule is N#Cc1nc2c(nc1C(N)=O)-c1ccccc1C2=NOCC(=O)NCC(=O)O. The van der Waals surface area contributed by atoms with Crippen LogP contribution in [0.5, 0.6) is 0 Å². The van der Waals surface area contributed by atoms with Crippen molar-refractivity contribution in [2.75, 3.05) is 13.2 Å². The van der Waals surface area contributed by atoms with Gasteiger partial charge in [-0.3, -0.25) is 14.4 Å². The van der Waals surface area contributed by atoms with Crippen molar-refractivity contribution < 1.29 is 24.3 Å². The number of hydrogen-bond acceptors (Lipinski definition) is 8. The van der Waals surface area contributed by atoms with Crippen LogP contribution in [0.1, 0.15) is 27.4 Å². The molecule has 0 bridgehead atoms. The number of carbonyl (C=O) groups is 3. The lowest BCUT2D eigenvalue weighted by Gasteiger charge is -2.04. The molecule has 0 aliphatic heterocycles. The number of fused-ring (bicyclic) bond motifs is 3. The van der Waals surface area contributed by atoms with Crippen LogP contribution in [-0.4, -0.2) is 51.7 Å². The Kier molecular flexibility index (Phi) is 4.95. The van der Waals surface area contributed by atoms with Gasteiger partial charge in [0.25, 0.3) is 11.8 Å². The molecule has 140 valence electrons. The summed E-state index contributed by atoms with van der Waals surface area (Å²) in [5.41, 5.74) is 6.66. The Bertz CT molecular complexity index is 1070. The first-order valence-corrected chi connectivity index (χ1v) is 7.83. The van der Waals surface area contributed by atoms with E-state index in [-0.39, 0.29) is 22.8 Å². The fourth-order valence-electron chi connectivity index (χ4n) is 2.53. The molecule has 0 saturated carbocycles. The summed E-state index contributed by atoms with van der Waals surface area (Å²) < 4.78 is 0. The Morgan fingerprint density at radius 3 is 2.57 bits per heavy atom. The monoisotopic (exact) mass is 380 g/mol. The maximum atomic E-state index is 11.6. The van der Waals surface area contributed by atoms with Crippen molar-refractivity contribution in [2.24, 2.45) is 10.9 Å². The lowest BCUT2D eigenvalue weighted by atomic mass is 10.1. The molecule has 1 aliphatic rings. The van der Waals surface area contributed by atoms with Crippen LogP contribution in [0, 0.1) is 11.3 Å². The molecular weight excluding hydrogens is 368 g/mol. The zero-order valence-electron chi connectivity index (χ0n) is 14.2. The zero-order chi connectivity index (χ0) is 20.3. The number of nitrogens with two attached hydrogens (primary N) is 1. The molecular formula is C17H12N6O5. The molecule has 3 rings (SSSR count). The quantitative estimate of drug-likeness (QED) is 0.474. The average molecular weight is 380 g/mol. The maximum Gasteiger partial charge on any atom is 0.322 e. The number of carboxylic acids is 1. The first-order chi connectivity index (χ1) is 13.4. The number of carbonyl (C=O) groups excluding carboxylic acids is 2. The van der Waals surface area contributed by atoms with E-state index in [1.807, 2.05) is 0 Å². The molecule has 11 nitrogen and oxygen atoms in total. The topological polar surface area (TPSA) is 181 Å². The van der Waals surface area contributed by atoms with Gasteiger partial charge in [-0.15, -0.1) is 0 Å². The van der Waals surface area contributed by atoms with Crippen LogP contribution >= 0.6 is 0 Å². The predicted molar refractivity (Wildman–Crippen MR) is 92.9 cm³/mol. The highest BCUT2D eigenvalue weighted by Crippen LogP contribution is 2.35. The summed E-state index contributed by atoms with van der Waals surface area (Å²) in [4.78, 5) is 46.9. The minimum atomic E-state index is -1.19. The fourth-order valence-corrected chi connectivity index (χ4v) is 2.53. The van der Waals surface area contributed by atoms with Crippen LogP contribution in [0.15, 0.2) is 29.4 Å². The van der Waals surface area contributed by atoms with Gasteiger partial charge in [0.15, 0.2) is 18.0 Å². The van der Waals surface area contributed by atoms with E-state index < -0.39 is 30.9 Å². The number of amides is 2. The molecule has 1 aliphatic carbocycles. The summed E-state index contributed by atoms with van der Waals surface area (Å²) in [5.74, 6) is -2.75. The predicted octanol–water partition coefficient (Wildman–Crippen LogP) is -0.603. The molecule has 28 heavy (non-hydrogen) atoms. The molecule has 0 fully saturated rings. The molecule has 0 radical (unpaired) electrons. The summed E-state index contributed by atoms with van der Waals surface area (Å²) >= 11 is 0. The Labute approximate surface area is 157 Å². The van der Waals surface area contributed by atoms with E-state index in [0.29, 0.717) is 16.8 Å². The van der Waals surface area contributed by atoms with Crippen molar-refractivity contribution in [3.05, 3.63) is 46.9 Å². The van der Waals surface area contributed by atoms with Gasteiger partial charge < -0.3 is 21.0 Å². The van der Waals surface area contributed by atoms with Crippen molar-refractivity contribution in [3.63, 3.8) is 0 Å². The van der Waals surface area contributed by atoms with E-state index in [9.17, 15) is 19.6 Å². The number of aromatic nitrogens is 2. The third-order valence-corrected chi connectivity index (χ3v) is 3.68. The lowest BCUT2D eigenvalue weighted by Crippen LogP contribution is -2.31. The molecule has 1 aromatic heterocycles. The van der Waals surface area contributed by atoms with E-state index >= 15 is 0 Å². The van der Waals surface area contributed by atoms with Crippen LogP contribution in [0.2, 0.25) is 0 Å². The number of nitriles is 1. The molecule has 1 heterocycles. The summed E-state index contributed by atoms with van der Waals surface area (Å²) in [6, 6.07) is 8.68. The van der Waals surface area contributed by atoms with Crippen molar-refractivity contribution in [2.45, 2.75) is 0 Å². The summed E-state index contributed by atoms with van der Waals surface area (Å²) in [7, 11) is 0. The molecule has 2 aromatic rings. The zero-order valence-corrected chi connectivity index (χ0v) is 14.2. The Hall–Kier alpha value is -4.33. The molecule has 2 amide bonds.